The Morgan fingerprint density at radius 2 is 2.05 bits per heavy atom. The van der Waals surface area contributed by atoms with Crippen molar-refractivity contribution in [3.8, 4) is 5.75 Å². The zero-order chi connectivity index (χ0) is 14.4. The average molecular weight is 401 g/mol. The van der Waals surface area contributed by atoms with Crippen molar-refractivity contribution in [2.24, 2.45) is 17.8 Å². The van der Waals surface area contributed by atoms with E-state index in [9.17, 15) is 0 Å². The van der Waals surface area contributed by atoms with E-state index in [0.29, 0.717) is 12.5 Å². The van der Waals surface area contributed by atoms with Gasteiger partial charge in [-0.15, -0.1) is 24.0 Å². The van der Waals surface area contributed by atoms with Crippen molar-refractivity contribution in [3.05, 3.63) is 42.2 Å². The summed E-state index contributed by atoms with van der Waals surface area (Å²) in [6, 6.07) is 9.49. The number of halogens is 1. The SMILES string of the molecule is COc1ccc(NC(N)=NCCc2ccnn2C)cc1.I. The van der Waals surface area contributed by atoms with Crippen LogP contribution in [-0.4, -0.2) is 29.4 Å². The van der Waals surface area contributed by atoms with Crippen molar-refractivity contribution in [1.29, 1.82) is 0 Å². The third-order valence-corrected chi connectivity index (χ3v) is 2.93. The Balaban J connectivity index is 0.00000220. The molecule has 2 rings (SSSR count). The third-order valence-electron chi connectivity index (χ3n) is 2.93. The van der Waals surface area contributed by atoms with Crippen molar-refractivity contribution >= 4 is 35.6 Å². The van der Waals surface area contributed by atoms with Crippen LogP contribution in [0.5, 0.6) is 5.75 Å². The maximum atomic E-state index is 5.84. The molecular weight excluding hydrogens is 381 g/mol. The zero-order valence-electron chi connectivity index (χ0n) is 12.1. The fourth-order valence-electron chi connectivity index (χ4n) is 1.80. The monoisotopic (exact) mass is 401 g/mol. The summed E-state index contributed by atoms with van der Waals surface area (Å²) in [7, 11) is 3.55. The van der Waals surface area contributed by atoms with Crippen molar-refractivity contribution in [2.45, 2.75) is 6.42 Å². The van der Waals surface area contributed by atoms with Crippen LogP contribution in [0.2, 0.25) is 0 Å². The van der Waals surface area contributed by atoms with E-state index >= 15 is 0 Å². The van der Waals surface area contributed by atoms with Gasteiger partial charge in [-0.3, -0.25) is 9.67 Å². The molecule has 2 aromatic rings. The molecule has 0 spiro atoms. The van der Waals surface area contributed by atoms with E-state index in [2.05, 4.69) is 15.4 Å². The minimum Gasteiger partial charge on any atom is -0.497 e. The molecule has 0 saturated heterocycles. The van der Waals surface area contributed by atoms with E-state index in [1.807, 2.05) is 42.1 Å². The summed E-state index contributed by atoms with van der Waals surface area (Å²) < 4.78 is 6.93. The van der Waals surface area contributed by atoms with Crippen LogP contribution < -0.4 is 15.8 Å². The Morgan fingerprint density at radius 3 is 2.62 bits per heavy atom. The number of aromatic nitrogens is 2. The maximum absolute atomic E-state index is 5.84. The number of hydrogen-bond donors (Lipinski definition) is 2. The molecule has 3 N–H and O–H groups in total. The second-order valence-electron chi connectivity index (χ2n) is 4.32. The lowest BCUT2D eigenvalue weighted by atomic mass is 10.3. The van der Waals surface area contributed by atoms with Crippen LogP contribution in [0.4, 0.5) is 5.69 Å². The van der Waals surface area contributed by atoms with E-state index in [-0.39, 0.29) is 24.0 Å². The molecule has 1 aromatic heterocycles. The number of aliphatic imine (C=N–C) groups is 1. The van der Waals surface area contributed by atoms with Gasteiger partial charge in [-0.05, 0) is 30.3 Å². The Labute approximate surface area is 141 Å². The molecule has 6 nitrogen and oxygen atoms in total. The van der Waals surface area contributed by atoms with Crippen molar-refractivity contribution in [1.82, 2.24) is 9.78 Å². The van der Waals surface area contributed by atoms with Crippen LogP contribution in [0.15, 0.2) is 41.5 Å². The summed E-state index contributed by atoms with van der Waals surface area (Å²) in [5, 5.41) is 7.15. The molecule has 0 saturated carbocycles. The van der Waals surface area contributed by atoms with E-state index < -0.39 is 0 Å². The number of benzene rings is 1. The lowest BCUT2D eigenvalue weighted by Crippen LogP contribution is -2.23. The molecule has 7 heteroatoms. The molecule has 0 unspecified atom stereocenters. The summed E-state index contributed by atoms with van der Waals surface area (Å²) >= 11 is 0. The van der Waals surface area contributed by atoms with Crippen LogP contribution in [0.3, 0.4) is 0 Å². The fourth-order valence-corrected chi connectivity index (χ4v) is 1.80. The van der Waals surface area contributed by atoms with Crippen LogP contribution in [-0.2, 0) is 13.5 Å². The first-order valence-corrected chi connectivity index (χ1v) is 6.37. The molecule has 0 aliphatic heterocycles. The summed E-state index contributed by atoms with van der Waals surface area (Å²) in [6.45, 7) is 0.620. The zero-order valence-corrected chi connectivity index (χ0v) is 14.4. The first-order valence-electron chi connectivity index (χ1n) is 6.37. The Hall–Kier alpha value is -1.77. The average Bonchev–Trinajstić information content (AvgIpc) is 2.85. The molecule has 0 aliphatic rings. The maximum Gasteiger partial charge on any atom is 0.193 e. The molecule has 0 amide bonds. The van der Waals surface area contributed by atoms with E-state index in [4.69, 9.17) is 10.5 Å². The molecule has 0 aliphatic carbocycles. The second-order valence-corrected chi connectivity index (χ2v) is 4.32. The van der Waals surface area contributed by atoms with Gasteiger partial charge in [-0.25, -0.2) is 0 Å². The minimum absolute atomic E-state index is 0. The molecule has 21 heavy (non-hydrogen) atoms. The van der Waals surface area contributed by atoms with Gasteiger partial charge in [0.05, 0.1) is 7.11 Å². The van der Waals surface area contributed by atoms with E-state index in [1.165, 1.54) is 0 Å². The van der Waals surface area contributed by atoms with Crippen LogP contribution in [0.1, 0.15) is 5.69 Å². The van der Waals surface area contributed by atoms with Gasteiger partial charge in [0.25, 0.3) is 0 Å². The van der Waals surface area contributed by atoms with Gasteiger partial charge in [0.15, 0.2) is 5.96 Å². The van der Waals surface area contributed by atoms with Crippen molar-refractivity contribution in [2.75, 3.05) is 19.0 Å². The summed E-state index contributed by atoms with van der Waals surface area (Å²) in [4.78, 5) is 4.29. The quantitative estimate of drug-likeness (QED) is 0.457. The second kappa shape index (κ2) is 8.50. The van der Waals surface area contributed by atoms with Gasteiger partial charge in [0, 0.05) is 37.6 Å². The standard InChI is InChI=1S/C14H19N5O.HI/c1-19-12(8-10-17-19)7-9-16-14(15)18-11-3-5-13(20-2)6-4-11;/h3-6,8,10H,7,9H2,1-2H3,(H3,15,16,18);1H. The van der Waals surface area contributed by atoms with Gasteiger partial charge < -0.3 is 15.8 Å². The summed E-state index contributed by atoms with van der Waals surface area (Å²) in [5.41, 5.74) is 7.85. The number of ether oxygens (including phenoxy) is 1. The molecule has 0 bridgehead atoms. The Kier molecular flexibility index (Phi) is 7.00. The molecule has 0 radical (unpaired) electrons. The Bertz CT molecular complexity index is 579. The number of hydrogen-bond acceptors (Lipinski definition) is 3. The first kappa shape index (κ1) is 17.3. The van der Waals surface area contributed by atoms with Crippen LogP contribution >= 0.6 is 24.0 Å². The van der Waals surface area contributed by atoms with E-state index in [1.54, 1.807) is 13.3 Å². The van der Waals surface area contributed by atoms with Gasteiger partial charge in [-0.1, -0.05) is 0 Å². The highest BCUT2D eigenvalue weighted by molar-refractivity contribution is 14.0. The number of rotatable bonds is 5. The molecule has 1 aromatic carbocycles. The van der Waals surface area contributed by atoms with Crippen LogP contribution in [0, 0.1) is 0 Å². The molecule has 0 fully saturated rings. The molecule has 0 atom stereocenters. The van der Waals surface area contributed by atoms with Gasteiger partial charge >= 0.3 is 0 Å². The van der Waals surface area contributed by atoms with Crippen molar-refractivity contribution < 1.29 is 4.74 Å². The largest absolute Gasteiger partial charge is 0.497 e. The lowest BCUT2D eigenvalue weighted by molar-refractivity contribution is 0.415. The number of anilines is 1. The van der Waals surface area contributed by atoms with E-state index in [0.717, 1.165) is 23.6 Å². The highest BCUT2D eigenvalue weighted by Crippen LogP contribution is 2.14. The fraction of sp³-hybridized carbons (Fsp3) is 0.286. The van der Waals surface area contributed by atoms with Gasteiger partial charge in [-0.2, -0.15) is 5.10 Å². The summed E-state index contributed by atoms with van der Waals surface area (Å²) in [5.74, 6) is 1.21. The third kappa shape index (κ3) is 5.25. The number of aryl methyl sites for hydroxylation is 1. The number of nitrogens with zero attached hydrogens (tertiary/aromatic N) is 3. The predicted molar refractivity (Wildman–Crippen MR) is 95.4 cm³/mol. The minimum atomic E-state index is 0. The van der Waals surface area contributed by atoms with Gasteiger partial charge in [0.2, 0.25) is 0 Å². The topological polar surface area (TPSA) is 77.5 Å². The van der Waals surface area contributed by atoms with Crippen LogP contribution in [0.25, 0.3) is 0 Å². The Morgan fingerprint density at radius 1 is 1.33 bits per heavy atom. The van der Waals surface area contributed by atoms with Gasteiger partial charge in [0.1, 0.15) is 5.75 Å². The lowest BCUT2D eigenvalue weighted by Gasteiger charge is -2.06. The smallest absolute Gasteiger partial charge is 0.193 e. The van der Waals surface area contributed by atoms with Crippen molar-refractivity contribution in [3.63, 3.8) is 0 Å². The number of methoxy groups -OCH3 is 1. The predicted octanol–water partition coefficient (Wildman–Crippen LogP) is 2.02. The highest BCUT2D eigenvalue weighted by atomic mass is 127. The molecule has 114 valence electrons. The number of nitrogens with one attached hydrogen (secondary N) is 1. The normalized spacial score (nSPS) is 10.9. The first-order chi connectivity index (χ1) is 9.69. The highest BCUT2D eigenvalue weighted by Gasteiger charge is 1.99. The summed E-state index contributed by atoms with van der Waals surface area (Å²) in [6.07, 6.45) is 2.58. The number of guanidine groups is 1. The number of nitrogens with two attached hydrogens (primary N) is 1. The molecular formula is C14H20IN5O. The molecule has 1 heterocycles.